The summed E-state index contributed by atoms with van der Waals surface area (Å²) >= 11 is 0. The third-order valence-corrected chi connectivity index (χ3v) is 2.79. The van der Waals surface area contributed by atoms with Crippen molar-refractivity contribution in [3.8, 4) is 0 Å². The summed E-state index contributed by atoms with van der Waals surface area (Å²) in [6.45, 7) is 5.56. The lowest BCUT2D eigenvalue weighted by Crippen LogP contribution is -2.35. The van der Waals surface area contributed by atoms with Gasteiger partial charge in [-0.3, -0.25) is 4.79 Å². The summed E-state index contributed by atoms with van der Waals surface area (Å²) in [4.78, 5) is 12.4. The van der Waals surface area contributed by atoms with Gasteiger partial charge in [0, 0.05) is 10.6 Å². The maximum Gasteiger partial charge on any atom is 0.193 e. The van der Waals surface area contributed by atoms with Crippen molar-refractivity contribution in [2.75, 3.05) is 0 Å². The van der Waals surface area contributed by atoms with Gasteiger partial charge in [0.2, 0.25) is 0 Å². The molecule has 0 atom stereocenters. The fraction of sp³-hybridized carbons (Fsp3) is 0.0625. The van der Waals surface area contributed by atoms with Gasteiger partial charge in [-0.15, -0.1) is 0 Å². The standard InChI is InChI=1S/C16H14O/c1-3-7-12-10-11-13-8-5-6-9-15(13)16(17)14(12)4-2/h3-11H,1H2,2H3/b12-7-,14-4+. The number of hydrogen-bond donors (Lipinski definition) is 0. The molecule has 0 radical (unpaired) electrons. The van der Waals surface area contributed by atoms with Crippen molar-refractivity contribution in [1.82, 2.24) is 0 Å². The number of rotatable bonds is 1. The first kappa shape index (κ1) is 11.3. The van der Waals surface area contributed by atoms with Crippen LogP contribution >= 0.6 is 0 Å². The van der Waals surface area contributed by atoms with E-state index in [0.29, 0.717) is 0 Å². The molecule has 0 unspecified atom stereocenters. The molecule has 84 valence electrons. The van der Waals surface area contributed by atoms with E-state index in [1.807, 2.05) is 55.5 Å². The average Bonchev–Trinajstić information content (AvgIpc) is 2.48. The van der Waals surface area contributed by atoms with Crippen LogP contribution in [0.5, 0.6) is 0 Å². The molecule has 2 rings (SSSR count). The smallest absolute Gasteiger partial charge is 0.193 e. The van der Waals surface area contributed by atoms with E-state index in [4.69, 9.17) is 0 Å². The van der Waals surface area contributed by atoms with Crippen molar-refractivity contribution in [3.63, 3.8) is 0 Å². The Hall–Kier alpha value is -2.15. The largest absolute Gasteiger partial charge is 0.289 e. The lowest BCUT2D eigenvalue weighted by molar-refractivity contribution is 1.51. The maximum atomic E-state index is 12.4. The maximum absolute atomic E-state index is 12.4. The van der Waals surface area contributed by atoms with Crippen LogP contribution in [0.25, 0.3) is 22.9 Å². The second-order valence-electron chi connectivity index (χ2n) is 3.81. The van der Waals surface area contributed by atoms with E-state index in [1.54, 1.807) is 6.08 Å². The molecule has 2 aromatic rings. The fourth-order valence-electron chi connectivity index (χ4n) is 1.96. The molecule has 0 aliphatic carbocycles. The summed E-state index contributed by atoms with van der Waals surface area (Å²) < 4.78 is 0. The highest BCUT2D eigenvalue weighted by Crippen LogP contribution is 2.04. The van der Waals surface area contributed by atoms with Gasteiger partial charge in [0.05, 0.1) is 0 Å². The van der Waals surface area contributed by atoms with Crippen LogP contribution < -0.4 is 15.9 Å². The van der Waals surface area contributed by atoms with E-state index >= 15 is 0 Å². The summed E-state index contributed by atoms with van der Waals surface area (Å²) in [5, 5.41) is 3.35. The Morgan fingerprint density at radius 3 is 2.59 bits per heavy atom. The Labute approximate surface area is 100 Å². The van der Waals surface area contributed by atoms with Gasteiger partial charge in [0.15, 0.2) is 5.43 Å². The molecule has 0 aliphatic rings. The topological polar surface area (TPSA) is 17.1 Å². The molecule has 17 heavy (non-hydrogen) atoms. The molecule has 0 aliphatic heterocycles. The molecule has 0 aromatic heterocycles. The van der Waals surface area contributed by atoms with Crippen LogP contribution in [0.3, 0.4) is 0 Å². The SMILES string of the molecule is C=C/C=c1/ccc2ccccc2c(=O)/c1=C/C. The first-order chi connectivity index (χ1) is 8.27. The van der Waals surface area contributed by atoms with Crippen LogP contribution in [0, 0.1) is 0 Å². The van der Waals surface area contributed by atoms with E-state index in [0.717, 1.165) is 21.2 Å². The summed E-state index contributed by atoms with van der Waals surface area (Å²) in [6.07, 6.45) is 5.41. The second-order valence-corrected chi connectivity index (χ2v) is 3.81. The van der Waals surface area contributed by atoms with Gasteiger partial charge in [0.25, 0.3) is 0 Å². The van der Waals surface area contributed by atoms with Gasteiger partial charge in [-0.25, -0.2) is 0 Å². The lowest BCUT2D eigenvalue weighted by Gasteiger charge is -1.88. The van der Waals surface area contributed by atoms with E-state index in [-0.39, 0.29) is 5.43 Å². The minimum atomic E-state index is 0.0706. The van der Waals surface area contributed by atoms with Gasteiger partial charge >= 0.3 is 0 Å². The predicted octanol–water partition coefficient (Wildman–Crippen LogP) is 1.97. The Bertz CT molecular complexity index is 739. The molecule has 0 bridgehead atoms. The number of allylic oxidation sites excluding steroid dienone is 1. The van der Waals surface area contributed by atoms with Crippen molar-refractivity contribution in [2.45, 2.75) is 6.92 Å². The summed E-state index contributed by atoms with van der Waals surface area (Å²) in [6, 6.07) is 11.6. The third-order valence-electron chi connectivity index (χ3n) is 2.79. The van der Waals surface area contributed by atoms with Gasteiger partial charge < -0.3 is 0 Å². The normalized spacial score (nSPS) is 13.0. The molecule has 0 fully saturated rings. The molecule has 1 nitrogen and oxygen atoms in total. The second kappa shape index (κ2) is 4.79. The lowest BCUT2D eigenvalue weighted by atomic mass is 10.2. The average molecular weight is 222 g/mol. The van der Waals surface area contributed by atoms with Crippen molar-refractivity contribution in [1.29, 1.82) is 0 Å². The van der Waals surface area contributed by atoms with Crippen LogP contribution in [-0.2, 0) is 0 Å². The van der Waals surface area contributed by atoms with E-state index < -0.39 is 0 Å². The van der Waals surface area contributed by atoms with Crippen LogP contribution in [0.15, 0.2) is 53.8 Å². The molecule has 0 spiro atoms. The number of fused-ring (bicyclic) bond motifs is 1. The fourth-order valence-corrected chi connectivity index (χ4v) is 1.96. The highest BCUT2D eigenvalue weighted by molar-refractivity contribution is 5.81. The Morgan fingerprint density at radius 1 is 1.12 bits per heavy atom. The van der Waals surface area contributed by atoms with Crippen LogP contribution in [0.1, 0.15) is 6.92 Å². The van der Waals surface area contributed by atoms with Crippen molar-refractivity contribution >= 4 is 22.9 Å². The Morgan fingerprint density at radius 2 is 1.88 bits per heavy atom. The van der Waals surface area contributed by atoms with Crippen LogP contribution in [0.2, 0.25) is 0 Å². The molecular weight excluding hydrogens is 208 g/mol. The predicted molar refractivity (Wildman–Crippen MR) is 74.3 cm³/mol. The molecule has 0 heterocycles. The van der Waals surface area contributed by atoms with Crippen LogP contribution in [-0.4, -0.2) is 0 Å². The molecule has 0 saturated heterocycles. The monoisotopic (exact) mass is 222 g/mol. The highest BCUT2D eigenvalue weighted by atomic mass is 16.1. The third kappa shape index (κ3) is 2.04. The molecule has 0 amide bonds. The first-order valence-corrected chi connectivity index (χ1v) is 5.59. The zero-order valence-electron chi connectivity index (χ0n) is 9.81. The van der Waals surface area contributed by atoms with Gasteiger partial charge in [-0.1, -0.05) is 61.2 Å². The summed E-state index contributed by atoms with van der Waals surface area (Å²) in [5.41, 5.74) is 0.0706. The van der Waals surface area contributed by atoms with E-state index in [1.165, 1.54) is 0 Å². The summed E-state index contributed by atoms with van der Waals surface area (Å²) in [5.74, 6) is 0. The minimum absolute atomic E-state index is 0.0706. The van der Waals surface area contributed by atoms with E-state index in [9.17, 15) is 4.79 Å². The van der Waals surface area contributed by atoms with Gasteiger partial charge in [-0.05, 0) is 17.5 Å². The van der Waals surface area contributed by atoms with Gasteiger partial charge in [-0.2, -0.15) is 0 Å². The number of hydrogen-bond acceptors (Lipinski definition) is 1. The minimum Gasteiger partial charge on any atom is -0.289 e. The van der Waals surface area contributed by atoms with Crippen molar-refractivity contribution < 1.29 is 0 Å². The van der Waals surface area contributed by atoms with Crippen molar-refractivity contribution in [2.24, 2.45) is 0 Å². The highest BCUT2D eigenvalue weighted by Gasteiger charge is 1.97. The van der Waals surface area contributed by atoms with Crippen molar-refractivity contribution in [3.05, 3.63) is 69.7 Å². The van der Waals surface area contributed by atoms with Crippen LogP contribution in [0.4, 0.5) is 0 Å². The van der Waals surface area contributed by atoms with E-state index in [2.05, 4.69) is 6.58 Å². The van der Waals surface area contributed by atoms with Gasteiger partial charge in [0.1, 0.15) is 0 Å². The zero-order chi connectivity index (χ0) is 12.3. The zero-order valence-corrected chi connectivity index (χ0v) is 9.81. The number of benzene rings is 1. The molecular formula is C16H14O. The molecule has 0 saturated carbocycles. The molecule has 1 heteroatoms. The molecule has 0 N–H and O–H groups in total. The summed E-state index contributed by atoms with van der Waals surface area (Å²) in [7, 11) is 0. The Balaban J connectivity index is 3.18. The quantitative estimate of drug-likeness (QED) is 0.721. The Kier molecular flexibility index (Phi) is 3.20. The first-order valence-electron chi connectivity index (χ1n) is 5.59. The molecule has 2 aromatic carbocycles.